The molecule has 0 unspecified atom stereocenters. The maximum atomic E-state index is 10.7. The molecule has 0 amide bonds. The van der Waals surface area contributed by atoms with E-state index in [-0.39, 0.29) is 11.3 Å². The van der Waals surface area contributed by atoms with Gasteiger partial charge in [0.25, 0.3) is 0 Å². The highest BCUT2D eigenvalue weighted by Crippen LogP contribution is 2.03. The van der Waals surface area contributed by atoms with Crippen LogP contribution in [0.25, 0.3) is 0 Å². The van der Waals surface area contributed by atoms with E-state index in [4.69, 9.17) is 5.11 Å². The van der Waals surface area contributed by atoms with Crippen LogP contribution in [-0.2, 0) is 9.53 Å². The van der Waals surface area contributed by atoms with Gasteiger partial charge in [0.05, 0.1) is 12.7 Å². The number of aromatic carboxylic acids is 1. The molecule has 0 aliphatic carbocycles. The number of carboxylic acid groups (broad SMARTS) is 1. The summed E-state index contributed by atoms with van der Waals surface area (Å²) in [5.41, 5.74) is -0.00990. The van der Waals surface area contributed by atoms with Gasteiger partial charge in [-0.2, -0.15) is 0 Å². The van der Waals surface area contributed by atoms with E-state index in [9.17, 15) is 9.59 Å². The Balaban J connectivity index is 3.08. The molecule has 1 aromatic rings. The van der Waals surface area contributed by atoms with E-state index in [0.717, 1.165) is 0 Å². The summed E-state index contributed by atoms with van der Waals surface area (Å²) < 4.78 is 4.28. The quantitative estimate of drug-likeness (QED) is 0.527. The molecule has 5 nitrogen and oxygen atoms in total. The second-order valence-corrected chi connectivity index (χ2v) is 2.45. The van der Waals surface area contributed by atoms with Crippen molar-refractivity contribution < 1.29 is 19.4 Å². The van der Waals surface area contributed by atoms with Gasteiger partial charge in [0.1, 0.15) is 5.69 Å². The molecule has 0 bridgehead atoms. The topological polar surface area (TPSA) is 76.5 Å². The molecule has 0 fully saturated rings. The lowest BCUT2D eigenvalue weighted by Crippen LogP contribution is -2.02. The van der Waals surface area contributed by atoms with E-state index in [0.29, 0.717) is 0 Å². The number of aromatic nitrogens is 1. The lowest BCUT2D eigenvalue weighted by molar-refractivity contribution is -0.133. The molecule has 0 aliphatic heterocycles. The summed E-state index contributed by atoms with van der Waals surface area (Å²) in [6.07, 6.45) is 1.40. The lowest BCUT2D eigenvalue weighted by atomic mass is 10.2. The van der Waals surface area contributed by atoms with Crippen molar-refractivity contribution in [3.8, 4) is 11.8 Å². The number of carbonyl (C=O) groups excluding carboxylic acids is 1. The van der Waals surface area contributed by atoms with Crippen LogP contribution in [-0.4, -0.2) is 29.1 Å². The van der Waals surface area contributed by atoms with E-state index < -0.39 is 11.9 Å². The monoisotopic (exact) mass is 205 g/mol. The predicted molar refractivity (Wildman–Crippen MR) is 50.1 cm³/mol. The van der Waals surface area contributed by atoms with Gasteiger partial charge in [0.15, 0.2) is 0 Å². The van der Waals surface area contributed by atoms with Crippen LogP contribution < -0.4 is 0 Å². The third-order valence-electron chi connectivity index (χ3n) is 1.51. The Morgan fingerprint density at radius 3 is 2.87 bits per heavy atom. The molecule has 1 N–H and O–H groups in total. The first kappa shape index (κ1) is 10.7. The Hall–Kier alpha value is -2.35. The first-order chi connectivity index (χ1) is 7.15. The molecule has 0 saturated carbocycles. The molecular formula is C10H7NO4. The molecule has 15 heavy (non-hydrogen) atoms. The molecule has 1 heterocycles. The number of pyridine rings is 1. The van der Waals surface area contributed by atoms with Gasteiger partial charge >= 0.3 is 11.9 Å². The third kappa shape index (κ3) is 2.81. The average molecular weight is 205 g/mol. The predicted octanol–water partition coefficient (Wildman–Crippen LogP) is 0.304. The van der Waals surface area contributed by atoms with E-state index in [1.54, 1.807) is 0 Å². The summed E-state index contributed by atoms with van der Waals surface area (Å²) in [5.74, 6) is 2.56. The van der Waals surface area contributed by atoms with Crippen LogP contribution >= 0.6 is 0 Å². The molecule has 0 radical (unpaired) electrons. The van der Waals surface area contributed by atoms with Gasteiger partial charge in [0, 0.05) is 12.1 Å². The maximum Gasteiger partial charge on any atom is 0.384 e. The van der Waals surface area contributed by atoms with Gasteiger partial charge in [-0.15, -0.1) is 0 Å². The molecule has 0 atom stereocenters. The number of carbonyl (C=O) groups is 2. The normalized spacial score (nSPS) is 8.60. The van der Waals surface area contributed by atoms with E-state index in [2.05, 4.69) is 21.6 Å². The van der Waals surface area contributed by atoms with E-state index >= 15 is 0 Å². The number of ether oxygens (including phenoxy) is 1. The largest absolute Gasteiger partial charge is 0.478 e. The summed E-state index contributed by atoms with van der Waals surface area (Å²) in [7, 11) is 1.19. The van der Waals surface area contributed by atoms with Crippen molar-refractivity contribution in [2.24, 2.45) is 0 Å². The molecule has 5 heteroatoms. The first-order valence-corrected chi connectivity index (χ1v) is 3.93. The van der Waals surface area contributed by atoms with Gasteiger partial charge in [0.2, 0.25) is 0 Å². The van der Waals surface area contributed by atoms with Gasteiger partial charge in [-0.3, -0.25) is 0 Å². The SMILES string of the molecule is COC(=O)C#Cc1ncccc1C(=O)O. The number of methoxy groups -OCH3 is 1. The summed E-state index contributed by atoms with van der Waals surface area (Å²) in [4.78, 5) is 25.2. The van der Waals surface area contributed by atoms with Crippen LogP contribution in [0.15, 0.2) is 18.3 Å². The fraction of sp³-hybridized carbons (Fsp3) is 0.100. The number of rotatable bonds is 1. The zero-order valence-electron chi connectivity index (χ0n) is 7.85. The minimum atomic E-state index is -1.14. The second-order valence-electron chi connectivity index (χ2n) is 2.45. The van der Waals surface area contributed by atoms with Crippen molar-refractivity contribution in [2.75, 3.05) is 7.11 Å². The van der Waals surface area contributed by atoms with Gasteiger partial charge in [-0.25, -0.2) is 14.6 Å². The summed E-state index contributed by atoms with van der Waals surface area (Å²) >= 11 is 0. The molecule has 0 aromatic carbocycles. The third-order valence-corrected chi connectivity index (χ3v) is 1.51. The van der Waals surface area contributed by atoms with Gasteiger partial charge < -0.3 is 9.84 Å². The second kappa shape index (κ2) is 4.77. The minimum absolute atomic E-state index is 0.0374. The Morgan fingerprint density at radius 2 is 2.27 bits per heavy atom. The van der Waals surface area contributed by atoms with Crippen molar-refractivity contribution in [2.45, 2.75) is 0 Å². The Labute approximate surface area is 85.7 Å². The average Bonchev–Trinajstić information content (AvgIpc) is 2.26. The Morgan fingerprint density at radius 1 is 1.53 bits per heavy atom. The molecular weight excluding hydrogens is 198 g/mol. The van der Waals surface area contributed by atoms with Crippen molar-refractivity contribution in [3.05, 3.63) is 29.6 Å². The van der Waals surface area contributed by atoms with E-state index in [1.807, 2.05) is 0 Å². The fourth-order valence-electron chi connectivity index (χ4n) is 0.839. The van der Waals surface area contributed by atoms with Crippen LogP contribution in [0.2, 0.25) is 0 Å². The van der Waals surface area contributed by atoms with Crippen LogP contribution in [0.1, 0.15) is 16.1 Å². The number of nitrogens with zero attached hydrogens (tertiary/aromatic N) is 1. The van der Waals surface area contributed by atoms with Crippen LogP contribution in [0.3, 0.4) is 0 Å². The van der Waals surface area contributed by atoms with Crippen molar-refractivity contribution in [1.29, 1.82) is 0 Å². The number of hydrogen-bond donors (Lipinski definition) is 1. The molecule has 1 aromatic heterocycles. The first-order valence-electron chi connectivity index (χ1n) is 3.93. The standard InChI is InChI=1S/C10H7NO4/c1-15-9(12)5-4-8-7(10(13)14)3-2-6-11-8/h2-3,6H,1H3,(H,13,14). The zero-order valence-corrected chi connectivity index (χ0v) is 7.85. The van der Waals surface area contributed by atoms with Crippen LogP contribution in [0, 0.1) is 11.8 Å². The van der Waals surface area contributed by atoms with Gasteiger partial charge in [-0.1, -0.05) is 0 Å². The summed E-state index contributed by atoms with van der Waals surface area (Å²) in [6, 6.07) is 2.84. The number of hydrogen-bond acceptors (Lipinski definition) is 4. The highest BCUT2D eigenvalue weighted by molar-refractivity contribution is 5.92. The Bertz CT molecular complexity index is 456. The number of esters is 1. The minimum Gasteiger partial charge on any atom is -0.478 e. The molecule has 1 rings (SSSR count). The molecule has 76 valence electrons. The highest BCUT2D eigenvalue weighted by atomic mass is 16.5. The highest BCUT2D eigenvalue weighted by Gasteiger charge is 2.08. The van der Waals surface area contributed by atoms with Crippen LogP contribution in [0.5, 0.6) is 0 Å². The zero-order chi connectivity index (χ0) is 11.3. The Kier molecular flexibility index (Phi) is 3.41. The molecule has 0 spiro atoms. The molecule has 0 saturated heterocycles. The van der Waals surface area contributed by atoms with Crippen molar-refractivity contribution >= 4 is 11.9 Å². The van der Waals surface area contributed by atoms with Crippen molar-refractivity contribution in [3.63, 3.8) is 0 Å². The van der Waals surface area contributed by atoms with Crippen LogP contribution in [0.4, 0.5) is 0 Å². The summed E-state index contributed by atoms with van der Waals surface area (Å²) in [5, 5.41) is 8.76. The van der Waals surface area contributed by atoms with Gasteiger partial charge in [-0.05, 0) is 18.1 Å². The van der Waals surface area contributed by atoms with Crippen molar-refractivity contribution in [1.82, 2.24) is 4.98 Å². The smallest absolute Gasteiger partial charge is 0.384 e. The van der Waals surface area contributed by atoms with E-state index in [1.165, 1.54) is 25.4 Å². The number of carboxylic acids is 1. The lowest BCUT2D eigenvalue weighted by Gasteiger charge is -1.95. The maximum absolute atomic E-state index is 10.7. The molecule has 0 aliphatic rings. The fourth-order valence-corrected chi connectivity index (χ4v) is 0.839. The summed E-state index contributed by atoms with van der Waals surface area (Å²) in [6.45, 7) is 0.